The first-order valence-corrected chi connectivity index (χ1v) is 8.27. The summed E-state index contributed by atoms with van der Waals surface area (Å²) in [5.41, 5.74) is 0. The Morgan fingerprint density at radius 3 is 2.85 bits per heavy atom. The lowest BCUT2D eigenvalue weighted by Gasteiger charge is -2.38. The average molecular weight is 304 g/mol. The fourth-order valence-corrected chi connectivity index (χ4v) is 3.11. The predicted octanol–water partition coefficient (Wildman–Crippen LogP) is 3.37. The van der Waals surface area contributed by atoms with Crippen molar-refractivity contribution in [3.63, 3.8) is 0 Å². The van der Waals surface area contributed by atoms with Crippen molar-refractivity contribution in [1.29, 1.82) is 0 Å². The number of hydrogen-bond acceptors (Lipinski definition) is 4. The van der Waals surface area contributed by atoms with Crippen LogP contribution in [0.25, 0.3) is 0 Å². The van der Waals surface area contributed by atoms with Crippen molar-refractivity contribution in [2.45, 2.75) is 89.6 Å². The van der Waals surface area contributed by atoms with Crippen LogP contribution >= 0.6 is 9.47 Å². The van der Waals surface area contributed by atoms with E-state index in [0.29, 0.717) is 12.8 Å². The third-order valence-electron chi connectivity index (χ3n) is 3.81. The van der Waals surface area contributed by atoms with Gasteiger partial charge >= 0.3 is 0 Å². The topological polar surface area (TPSA) is 55.8 Å². The Balaban J connectivity index is 2.49. The van der Waals surface area contributed by atoms with Gasteiger partial charge in [0.25, 0.3) is 0 Å². The molecule has 1 aliphatic rings. The minimum atomic E-state index is -1.26. The molecule has 1 N–H and O–H groups in total. The molecule has 0 spiro atoms. The van der Waals surface area contributed by atoms with Gasteiger partial charge in [0.15, 0.2) is 5.79 Å². The monoisotopic (exact) mass is 304 g/mol. The molecule has 1 heterocycles. The maximum Gasteiger partial charge on any atom is 0.172 e. The fourth-order valence-electron chi connectivity index (χ4n) is 2.86. The SMILES string of the molecule is CCCC(=O)CC1(O)CCC[C@@H](C[C@H](CCC)OP)O1. The standard InChI is InChI=1S/C15H29O4P/c1-3-6-12(16)11-15(17)9-5-8-13(18-15)10-14(19-20)7-4-2/h13-14,17H,3-11,20H2,1-2H3/t13-,14-,15?/m0/s1. The Morgan fingerprint density at radius 2 is 2.25 bits per heavy atom. The molecule has 1 saturated heterocycles. The highest BCUT2D eigenvalue weighted by atomic mass is 31.0. The summed E-state index contributed by atoms with van der Waals surface area (Å²) < 4.78 is 11.2. The van der Waals surface area contributed by atoms with Crippen LogP contribution in [0, 0.1) is 0 Å². The van der Waals surface area contributed by atoms with Crippen LogP contribution in [0.1, 0.15) is 71.6 Å². The van der Waals surface area contributed by atoms with E-state index in [1.165, 1.54) is 0 Å². The van der Waals surface area contributed by atoms with Crippen molar-refractivity contribution in [1.82, 2.24) is 0 Å². The molecule has 0 aromatic heterocycles. The second-order valence-corrected chi connectivity index (χ2v) is 6.10. The Labute approximate surface area is 124 Å². The molecule has 4 nitrogen and oxygen atoms in total. The van der Waals surface area contributed by atoms with E-state index in [1.54, 1.807) is 0 Å². The molecule has 0 amide bonds. The number of Topliss-reactive ketones (excluding diaryl/α,β-unsaturated/α-hetero) is 1. The average Bonchev–Trinajstić information content (AvgIpc) is 2.37. The van der Waals surface area contributed by atoms with Crippen molar-refractivity contribution in [2.75, 3.05) is 0 Å². The van der Waals surface area contributed by atoms with Gasteiger partial charge in [-0.15, -0.1) is 0 Å². The van der Waals surface area contributed by atoms with Crippen molar-refractivity contribution < 1.29 is 19.2 Å². The quantitative estimate of drug-likeness (QED) is 0.664. The lowest BCUT2D eigenvalue weighted by atomic mass is 9.93. The van der Waals surface area contributed by atoms with Crippen LogP contribution in [0.3, 0.4) is 0 Å². The van der Waals surface area contributed by atoms with Crippen LogP contribution in [-0.2, 0) is 14.1 Å². The summed E-state index contributed by atoms with van der Waals surface area (Å²) in [5.74, 6) is -1.17. The lowest BCUT2D eigenvalue weighted by molar-refractivity contribution is -0.257. The lowest BCUT2D eigenvalue weighted by Crippen LogP contribution is -2.43. The maximum atomic E-state index is 11.7. The van der Waals surface area contributed by atoms with E-state index in [4.69, 9.17) is 9.26 Å². The second-order valence-electron chi connectivity index (χ2n) is 5.83. The first-order valence-electron chi connectivity index (χ1n) is 7.80. The molecule has 0 aromatic rings. The van der Waals surface area contributed by atoms with Gasteiger partial charge in [0.05, 0.1) is 18.6 Å². The van der Waals surface area contributed by atoms with E-state index in [9.17, 15) is 9.90 Å². The van der Waals surface area contributed by atoms with Gasteiger partial charge < -0.3 is 14.4 Å². The molecule has 0 saturated carbocycles. The van der Waals surface area contributed by atoms with Crippen LogP contribution < -0.4 is 0 Å². The van der Waals surface area contributed by atoms with Crippen molar-refractivity contribution in [2.24, 2.45) is 0 Å². The Kier molecular flexibility index (Phi) is 8.20. The normalized spacial score (nSPS) is 28.3. The number of aliphatic hydroxyl groups is 1. The van der Waals surface area contributed by atoms with Gasteiger partial charge in [-0.05, 0) is 25.7 Å². The molecule has 0 aromatic carbocycles. The number of ether oxygens (including phenoxy) is 1. The Morgan fingerprint density at radius 1 is 1.50 bits per heavy atom. The molecule has 118 valence electrons. The zero-order valence-electron chi connectivity index (χ0n) is 12.8. The number of hydrogen-bond donors (Lipinski definition) is 1. The van der Waals surface area contributed by atoms with E-state index in [1.807, 2.05) is 6.92 Å². The summed E-state index contributed by atoms with van der Waals surface area (Å²) in [6.07, 6.45) is 6.79. The minimum absolute atomic E-state index is 0.0136. The van der Waals surface area contributed by atoms with Crippen LogP contribution in [0.15, 0.2) is 0 Å². The van der Waals surface area contributed by atoms with Crippen LogP contribution in [-0.4, -0.2) is 28.9 Å². The van der Waals surface area contributed by atoms with Crippen molar-refractivity contribution >= 4 is 15.2 Å². The highest BCUT2D eigenvalue weighted by Crippen LogP contribution is 2.33. The number of ketones is 1. The van der Waals surface area contributed by atoms with E-state index in [2.05, 4.69) is 16.4 Å². The van der Waals surface area contributed by atoms with Gasteiger partial charge in [-0.1, -0.05) is 20.3 Å². The maximum absolute atomic E-state index is 11.7. The molecular formula is C15H29O4P. The van der Waals surface area contributed by atoms with Gasteiger partial charge in [0, 0.05) is 28.7 Å². The van der Waals surface area contributed by atoms with Gasteiger partial charge in [-0.2, -0.15) is 0 Å². The van der Waals surface area contributed by atoms with Gasteiger partial charge in [-0.25, -0.2) is 0 Å². The second kappa shape index (κ2) is 9.09. The van der Waals surface area contributed by atoms with Crippen LogP contribution in [0.2, 0.25) is 0 Å². The molecule has 5 heteroatoms. The fraction of sp³-hybridized carbons (Fsp3) is 0.933. The summed E-state index contributed by atoms with van der Waals surface area (Å²) in [6, 6.07) is 0. The van der Waals surface area contributed by atoms with E-state index < -0.39 is 5.79 Å². The van der Waals surface area contributed by atoms with Gasteiger partial charge in [0.2, 0.25) is 0 Å². The van der Waals surface area contributed by atoms with Crippen molar-refractivity contribution in [3.05, 3.63) is 0 Å². The molecule has 0 aliphatic carbocycles. The van der Waals surface area contributed by atoms with E-state index in [0.717, 1.165) is 38.5 Å². The van der Waals surface area contributed by atoms with E-state index in [-0.39, 0.29) is 24.4 Å². The molecule has 20 heavy (non-hydrogen) atoms. The van der Waals surface area contributed by atoms with Gasteiger partial charge in [0.1, 0.15) is 5.78 Å². The molecule has 0 radical (unpaired) electrons. The molecule has 4 atom stereocenters. The summed E-state index contributed by atoms with van der Waals surface area (Å²) in [6.45, 7) is 4.09. The smallest absolute Gasteiger partial charge is 0.172 e. The zero-order valence-corrected chi connectivity index (χ0v) is 13.9. The third kappa shape index (κ3) is 6.17. The number of carbonyl (C=O) groups excluding carboxylic acids is 1. The molecule has 1 fully saturated rings. The molecule has 0 bridgehead atoms. The zero-order chi connectivity index (χ0) is 15.0. The summed E-state index contributed by atoms with van der Waals surface area (Å²) in [7, 11) is 2.32. The molecule has 1 aliphatic heterocycles. The number of carbonyl (C=O) groups is 1. The van der Waals surface area contributed by atoms with Crippen LogP contribution in [0.5, 0.6) is 0 Å². The Bertz CT molecular complexity index is 298. The molecular weight excluding hydrogens is 275 g/mol. The van der Waals surface area contributed by atoms with E-state index >= 15 is 0 Å². The third-order valence-corrected chi connectivity index (χ3v) is 4.20. The summed E-state index contributed by atoms with van der Waals surface area (Å²) >= 11 is 0. The first-order chi connectivity index (χ1) is 9.53. The van der Waals surface area contributed by atoms with Crippen LogP contribution in [0.4, 0.5) is 0 Å². The molecule has 1 rings (SSSR count). The largest absolute Gasteiger partial charge is 0.365 e. The first kappa shape index (κ1) is 18.0. The van der Waals surface area contributed by atoms with Gasteiger partial charge in [-0.3, -0.25) is 4.79 Å². The highest BCUT2D eigenvalue weighted by Gasteiger charge is 2.37. The highest BCUT2D eigenvalue weighted by molar-refractivity contribution is 7.09. The Hall–Kier alpha value is -0.0200. The minimum Gasteiger partial charge on any atom is -0.365 e. The molecule has 2 unspecified atom stereocenters. The van der Waals surface area contributed by atoms with Crippen molar-refractivity contribution in [3.8, 4) is 0 Å². The predicted molar refractivity (Wildman–Crippen MR) is 82.3 cm³/mol. The summed E-state index contributed by atoms with van der Waals surface area (Å²) in [5, 5.41) is 10.5. The summed E-state index contributed by atoms with van der Waals surface area (Å²) in [4.78, 5) is 11.7. The number of rotatable bonds is 9.